The molecule has 44 heavy (non-hydrogen) atoms. The highest BCUT2D eigenvalue weighted by Crippen LogP contribution is 2.30. The van der Waals surface area contributed by atoms with Crippen molar-refractivity contribution in [2.45, 2.75) is 76.9 Å². The summed E-state index contributed by atoms with van der Waals surface area (Å²) in [5.41, 5.74) is 2.71. The standard InChI is InChI=1S/C34H41Cl2N3O4S/c1-24(2)29-16-10-11-17-31(29)39(44(3,42)43)23-33(40)38(22-26-18-19-27(35)21-30(26)36)32(20-25-12-6-4-7-13-25)34(41)37-28-14-8-5-9-15-28/h4,6-7,10-13,16-19,21,24,28,32H,5,8-9,14-15,20,22-23H2,1-3H3,(H,37,41)/t32-/m1/s1. The first-order valence-electron chi connectivity index (χ1n) is 15.1. The molecule has 1 saturated carbocycles. The van der Waals surface area contributed by atoms with Gasteiger partial charge < -0.3 is 10.2 Å². The maximum atomic E-state index is 14.4. The van der Waals surface area contributed by atoms with Crippen molar-refractivity contribution in [1.29, 1.82) is 0 Å². The highest BCUT2D eigenvalue weighted by Gasteiger charge is 2.35. The van der Waals surface area contributed by atoms with Gasteiger partial charge in [-0.25, -0.2) is 8.42 Å². The molecule has 0 aromatic heterocycles. The van der Waals surface area contributed by atoms with Crippen molar-refractivity contribution in [3.8, 4) is 0 Å². The molecule has 0 bridgehead atoms. The summed E-state index contributed by atoms with van der Waals surface area (Å²) >= 11 is 12.7. The summed E-state index contributed by atoms with van der Waals surface area (Å²) in [6, 6.07) is 20.8. The second kappa shape index (κ2) is 15.3. The summed E-state index contributed by atoms with van der Waals surface area (Å²) in [6.07, 6.45) is 6.32. The number of rotatable bonds is 12. The van der Waals surface area contributed by atoms with E-state index in [1.807, 2.05) is 56.3 Å². The van der Waals surface area contributed by atoms with E-state index in [-0.39, 0.29) is 30.8 Å². The first kappa shape index (κ1) is 33.8. The molecule has 7 nitrogen and oxygen atoms in total. The molecule has 0 radical (unpaired) electrons. The quantitative estimate of drug-likeness (QED) is 0.228. The lowest BCUT2D eigenvalue weighted by molar-refractivity contribution is -0.140. The summed E-state index contributed by atoms with van der Waals surface area (Å²) in [7, 11) is -3.87. The number of carbonyl (C=O) groups excluding carboxylic acids is 2. The summed E-state index contributed by atoms with van der Waals surface area (Å²) in [4.78, 5) is 30.0. The number of carbonyl (C=O) groups is 2. The van der Waals surface area contributed by atoms with Gasteiger partial charge in [0.2, 0.25) is 21.8 Å². The van der Waals surface area contributed by atoms with E-state index in [2.05, 4.69) is 5.32 Å². The topological polar surface area (TPSA) is 86.8 Å². The Balaban J connectivity index is 1.77. The van der Waals surface area contributed by atoms with Gasteiger partial charge in [-0.3, -0.25) is 13.9 Å². The smallest absolute Gasteiger partial charge is 0.244 e. The van der Waals surface area contributed by atoms with Crippen molar-refractivity contribution in [2.24, 2.45) is 0 Å². The normalized spacial score (nSPS) is 14.7. The van der Waals surface area contributed by atoms with Crippen LogP contribution in [0, 0.1) is 0 Å². The molecule has 0 aliphatic heterocycles. The Bertz CT molecular complexity index is 1540. The van der Waals surface area contributed by atoms with Crippen LogP contribution < -0.4 is 9.62 Å². The molecule has 0 spiro atoms. The Hall–Kier alpha value is -3.07. The molecule has 2 amide bonds. The minimum atomic E-state index is -3.87. The second-order valence-electron chi connectivity index (χ2n) is 11.8. The summed E-state index contributed by atoms with van der Waals surface area (Å²) < 4.78 is 27.6. The van der Waals surface area contributed by atoms with Gasteiger partial charge in [0.25, 0.3) is 0 Å². The van der Waals surface area contributed by atoms with Crippen LogP contribution in [0.4, 0.5) is 5.69 Å². The van der Waals surface area contributed by atoms with E-state index in [1.54, 1.807) is 30.3 Å². The van der Waals surface area contributed by atoms with Crippen LogP contribution in [0.5, 0.6) is 0 Å². The molecular weight excluding hydrogens is 617 g/mol. The lowest BCUT2D eigenvalue weighted by Crippen LogP contribution is -2.55. The van der Waals surface area contributed by atoms with Gasteiger partial charge in [0.05, 0.1) is 11.9 Å². The molecule has 10 heteroatoms. The van der Waals surface area contributed by atoms with Crippen molar-refractivity contribution in [2.75, 3.05) is 17.1 Å². The van der Waals surface area contributed by atoms with Crippen LogP contribution >= 0.6 is 23.2 Å². The summed E-state index contributed by atoms with van der Waals surface area (Å²) in [6.45, 7) is 3.46. The van der Waals surface area contributed by atoms with Gasteiger partial charge in [-0.05, 0) is 53.6 Å². The lowest BCUT2D eigenvalue weighted by atomic mass is 9.94. The van der Waals surface area contributed by atoms with Crippen molar-refractivity contribution >= 4 is 50.7 Å². The highest BCUT2D eigenvalue weighted by molar-refractivity contribution is 7.92. The molecular formula is C34H41Cl2N3O4S. The first-order valence-corrected chi connectivity index (χ1v) is 17.7. The number of nitrogens with zero attached hydrogens (tertiary/aromatic N) is 2. The Labute approximate surface area is 271 Å². The average Bonchev–Trinajstić information content (AvgIpc) is 2.99. The van der Waals surface area contributed by atoms with E-state index in [4.69, 9.17) is 23.2 Å². The zero-order chi connectivity index (χ0) is 31.9. The zero-order valence-corrected chi connectivity index (χ0v) is 27.8. The minimum absolute atomic E-state index is 0.00610. The Morgan fingerprint density at radius 1 is 0.932 bits per heavy atom. The number of benzene rings is 3. The minimum Gasteiger partial charge on any atom is -0.352 e. The fourth-order valence-electron chi connectivity index (χ4n) is 5.73. The number of para-hydroxylation sites is 1. The maximum Gasteiger partial charge on any atom is 0.244 e. The first-order chi connectivity index (χ1) is 20.9. The largest absolute Gasteiger partial charge is 0.352 e. The number of halogens is 2. The third-order valence-corrected chi connectivity index (χ3v) is 9.80. The van der Waals surface area contributed by atoms with Crippen LogP contribution in [0.2, 0.25) is 10.0 Å². The third kappa shape index (κ3) is 8.99. The van der Waals surface area contributed by atoms with E-state index < -0.39 is 28.5 Å². The highest BCUT2D eigenvalue weighted by atomic mass is 35.5. The Morgan fingerprint density at radius 2 is 1.59 bits per heavy atom. The fourth-order valence-corrected chi connectivity index (χ4v) is 7.07. The molecule has 236 valence electrons. The van der Waals surface area contributed by atoms with Crippen LogP contribution in [0.1, 0.15) is 68.6 Å². The molecule has 4 rings (SSSR count). The summed E-state index contributed by atoms with van der Waals surface area (Å²) in [5.74, 6) is -0.769. The molecule has 3 aromatic rings. The van der Waals surface area contributed by atoms with E-state index in [9.17, 15) is 18.0 Å². The van der Waals surface area contributed by atoms with Crippen LogP contribution in [0.25, 0.3) is 0 Å². The van der Waals surface area contributed by atoms with Gasteiger partial charge in [-0.1, -0.05) is 111 Å². The van der Waals surface area contributed by atoms with Gasteiger partial charge in [0, 0.05) is 29.1 Å². The molecule has 0 unspecified atom stereocenters. The molecule has 1 fully saturated rings. The average molecular weight is 659 g/mol. The van der Waals surface area contributed by atoms with Crippen molar-refractivity contribution in [3.05, 3.63) is 99.5 Å². The van der Waals surface area contributed by atoms with Gasteiger partial charge in [0.15, 0.2) is 0 Å². The predicted octanol–water partition coefficient (Wildman–Crippen LogP) is 6.97. The number of hydrogen-bond donors (Lipinski definition) is 1. The van der Waals surface area contributed by atoms with Crippen LogP contribution in [-0.2, 0) is 32.6 Å². The summed E-state index contributed by atoms with van der Waals surface area (Å²) in [5, 5.41) is 4.00. The van der Waals surface area contributed by atoms with E-state index >= 15 is 0 Å². The van der Waals surface area contributed by atoms with Gasteiger partial charge in [-0.2, -0.15) is 0 Å². The van der Waals surface area contributed by atoms with Crippen molar-refractivity contribution in [3.63, 3.8) is 0 Å². The molecule has 1 N–H and O–H groups in total. The van der Waals surface area contributed by atoms with E-state index in [0.717, 1.165) is 53.8 Å². The van der Waals surface area contributed by atoms with Crippen LogP contribution in [-0.4, -0.2) is 50.0 Å². The number of hydrogen-bond acceptors (Lipinski definition) is 4. The number of amides is 2. The number of anilines is 1. The maximum absolute atomic E-state index is 14.4. The Morgan fingerprint density at radius 3 is 2.23 bits per heavy atom. The SMILES string of the molecule is CC(C)c1ccccc1N(CC(=O)N(Cc1ccc(Cl)cc1Cl)[C@H](Cc1ccccc1)C(=O)NC1CCCCC1)S(C)(=O)=O. The molecule has 0 saturated heterocycles. The Kier molecular flexibility index (Phi) is 11.7. The molecule has 1 aliphatic carbocycles. The molecule has 1 atom stereocenters. The molecule has 0 heterocycles. The van der Waals surface area contributed by atoms with Gasteiger partial charge >= 0.3 is 0 Å². The molecule has 1 aliphatic rings. The third-order valence-electron chi connectivity index (χ3n) is 8.09. The predicted molar refractivity (Wildman–Crippen MR) is 179 cm³/mol. The van der Waals surface area contributed by atoms with E-state index in [0.29, 0.717) is 21.3 Å². The van der Waals surface area contributed by atoms with Crippen molar-refractivity contribution < 1.29 is 18.0 Å². The number of nitrogens with one attached hydrogen (secondary N) is 1. The molecule has 3 aromatic carbocycles. The fraction of sp³-hybridized carbons (Fsp3) is 0.412. The van der Waals surface area contributed by atoms with Crippen molar-refractivity contribution in [1.82, 2.24) is 10.2 Å². The number of sulfonamides is 1. The van der Waals surface area contributed by atoms with Crippen LogP contribution in [0.15, 0.2) is 72.8 Å². The lowest BCUT2D eigenvalue weighted by Gasteiger charge is -2.35. The second-order valence-corrected chi connectivity index (χ2v) is 14.5. The van der Waals surface area contributed by atoms with Gasteiger partial charge in [0.1, 0.15) is 12.6 Å². The van der Waals surface area contributed by atoms with Gasteiger partial charge in [-0.15, -0.1) is 0 Å². The zero-order valence-electron chi connectivity index (χ0n) is 25.5. The van der Waals surface area contributed by atoms with E-state index in [1.165, 1.54) is 4.90 Å². The van der Waals surface area contributed by atoms with Crippen LogP contribution in [0.3, 0.4) is 0 Å². The monoisotopic (exact) mass is 657 g/mol.